The zero-order valence-electron chi connectivity index (χ0n) is 5.27. The molecule has 0 aliphatic carbocycles. The second-order valence-corrected chi connectivity index (χ2v) is 1.69. The normalized spacial score (nSPS) is 11.7. The van der Waals surface area contributed by atoms with E-state index < -0.39 is 12.0 Å². The number of carboxylic acids is 1. The Kier molecular flexibility index (Phi) is 4.02. The Hall–Kier alpha value is -1.26. The van der Waals surface area contributed by atoms with Crippen molar-refractivity contribution in [2.75, 3.05) is 6.54 Å². The van der Waals surface area contributed by atoms with Crippen LogP contribution in [0.3, 0.4) is 0 Å². The van der Waals surface area contributed by atoms with Crippen molar-refractivity contribution in [2.24, 2.45) is 10.8 Å². The molecule has 0 fully saturated rings. The largest absolute Gasteiger partial charge is 0.480 e. The van der Waals surface area contributed by atoms with Crippen molar-refractivity contribution < 1.29 is 9.90 Å². The number of carbonyl (C=O) groups is 1. The van der Waals surface area contributed by atoms with Gasteiger partial charge in [0.05, 0.1) is 0 Å². The minimum Gasteiger partial charge on any atom is -0.480 e. The van der Waals surface area contributed by atoms with Gasteiger partial charge in [0.15, 0.2) is 0 Å². The zero-order chi connectivity index (χ0) is 7.98. The summed E-state index contributed by atoms with van der Waals surface area (Å²) in [6.07, 6.45) is 0.180. The van der Waals surface area contributed by atoms with Gasteiger partial charge in [-0.2, -0.15) is 0 Å². The van der Waals surface area contributed by atoms with Crippen LogP contribution in [0.2, 0.25) is 0 Å². The summed E-state index contributed by atoms with van der Waals surface area (Å²) >= 11 is 0. The Labute approximate surface area is 57.3 Å². The Bertz CT molecular complexity index is 163. The van der Waals surface area contributed by atoms with Crippen molar-refractivity contribution in [3.05, 3.63) is 10.4 Å². The van der Waals surface area contributed by atoms with Gasteiger partial charge in [-0.1, -0.05) is 5.11 Å². The van der Waals surface area contributed by atoms with Gasteiger partial charge in [0.2, 0.25) is 0 Å². The van der Waals surface area contributed by atoms with E-state index in [1.165, 1.54) is 0 Å². The molecule has 0 saturated carbocycles. The summed E-state index contributed by atoms with van der Waals surface area (Å²) in [6, 6.07) is -0.925. The quantitative estimate of drug-likeness (QED) is 0.255. The molecule has 3 N–H and O–H groups in total. The molecule has 0 aromatic heterocycles. The molecular formula is C4H8N4O2. The first-order valence-electron chi connectivity index (χ1n) is 2.67. The van der Waals surface area contributed by atoms with Crippen molar-refractivity contribution in [1.29, 1.82) is 0 Å². The average molecular weight is 148 g/mol. The van der Waals surface area contributed by atoms with Gasteiger partial charge in [-0.15, -0.1) is 0 Å². The van der Waals surface area contributed by atoms with Crippen LogP contribution < -0.4 is 5.73 Å². The predicted octanol–water partition coefficient (Wildman–Crippen LogP) is 0.0987. The number of rotatable bonds is 4. The van der Waals surface area contributed by atoms with Gasteiger partial charge in [0.1, 0.15) is 6.04 Å². The van der Waals surface area contributed by atoms with Crippen molar-refractivity contribution in [3.63, 3.8) is 0 Å². The molecule has 0 rings (SSSR count). The molecule has 0 aliphatic heterocycles. The second kappa shape index (κ2) is 4.60. The van der Waals surface area contributed by atoms with Gasteiger partial charge in [0, 0.05) is 11.5 Å². The highest BCUT2D eigenvalue weighted by molar-refractivity contribution is 5.72. The number of hydrogen-bond donors (Lipinski definition) is 2. The van der Waals surface area contributed by atoms with Crippen LogP contribution in [0, 0.1) is 0 Å². The predicted molar refractivity (Wildman–Crippen MR) is 34.2 cm³/mol. The molecule has 1 atom stereocenters. The van der Waals surface area contributed by atoms with E-state index in [0.29, 0.717) is 0 Å². The fraction of sp³-hybridized carbons (Fsp3) is 0.750. The highest BCUT2D eigenvalue weighted by Crippen LogP contribution is 1.88. The Morgan fingerprint density at radius 1 is 1.90 bits per heavy atom. The topological polar surface area (TPSA) is 112 Å². The van der Waals surface area contributed by atoms with Gasteiger partial charge >= 0.3 is 5.97 Å². The van der Waals surface area contributed by atoms with Crippen LogP contribution in [0.5, 0.6) is 0 Å². The van der Waals surface area contributed by atoms with Crippen molar-refractivity contribution in [1.82, 2.24) is 0 Å². The summed E-state index contributed by atoms with van der Waals surface area (Å²) < 4.78 is 0. The Balaban J connectivity index is 3.48. The van der Waals surface area contributed by atoms with E-state index in [-0.39, 0.29) is 13.0 Å². The molecule has 0 bridgehead atoms. The standard InChI is InChI=1S/C4H8N4O2/c5-3(4(9)10)1-2-7-8-6/h3H,1-2,5H2,(H,9,10)/t3-/m0/s1/i1+1,2+1,3+1,4+1. The molecule has 0 saturated heterocycles. The van der Waals surface area contributed by atoms with Crippen LogP contribution in [-0.2, 0) is 4.79 Å². The molecule has 10 heavy (non-hydrogen) atoms. The van der Waals surface area contributed by atoms with Crippen LogP contribution in [0.15, 0.2) is 5.11 Å². The third kappa shape index (κ3) is 3.71. The van der Waals surface area contributed by atoms with Gasteiger partial charge < -0.3 is 10.8 Å². The summed E-state index contributed by atoms with van der Waals surface area (Å²) in [5.74, 6) is -1.08. The Morgan fingerprint density at radius 2 is 2.50 bits per heavy atom. The maximum atomic E-state index is 10.0. The highest BCUT2D eigenvalue weighted by Gasteiger charge is 2.08. The molecular weight excluding hydrogens is 140 g/mol. The van der Waals surface area contributed by atoms with Gasteiger partial charge in [-0.05, 0) is 12.0 Å². The molecule has 0 aromatic carbocycles. The lowest BCUT2D eigenvalue weighted by Crippen LogP contribution is -2.30. The Morgan fingerprint density at radius 3 is 2.90 bits per heavy atom. The van der Waals surface area contributed by atoms with Crippen molar-refractivity contribution in [2.45, 2.75) is 12.5 Å². The van der Waals surface area contributed by atoms with E-state index >= 15 is 0 Å². The molecule has 0 aromatic rings. The fourth-order valence-electron chi connectivity index (χ4n) is 0.365. The molecule has 0 aliphatic rings. The number of nitrogens with zero attached hydrogens (tertiary/aromatic N) is 3. The van der Waals surface area contributed by atoms with Gasteiger partial charge in [-0.3, -0.25) is 4.79 Å². The minimum absolute atomic E-state index is 0.129. The third-order valence-corrected chi connectivity index (χ3v) is 0.921. The van der Waals surface area contributed by atoms with E-state index in [2.05, 4.69) is 10.0 Å². The van der Waals surface area contributed by atoms with Crippen LogP contribution in [-0.4, -0.2) is 23.7 Å². The first-order valence-corrected chi connectivity index (χ1v) is 2.67. The molecule has 0 heterocycles. The van der Waals surface area contributed by atoms with E-state index in [0.717, 1.165) is 0 Å². The van der Waals surface area contributed by atoms with Crippen LogP contribution in [0.25, 0.3) is 10.4 Å². The summed E-state index contributed by atoms with van der Waals surface area (Å²) in [4.78, 5) is 12.5. The maximum Gasteiger partial charge on any atom is 0.320 e. The number of nitrogens with two attached hydrogens (primary N) is 1. The maximum absolute atomic E-state index is 10.0. The lowest BCUT2D eigenvalue weighted by atomic mass is 11.2. The van der Waals surface area contributed by atoms with E-state index in [1.807, 2.05) is 0 Å². The van der Waals surface area contributed by atoms with Crippen LogP contribution >= 0.6 is 0 Å². The van der Waals surface area contributed by atoms with E-state index in [4.69, 9.17) is 16.4 Å². The fourth-order valence-corrected chi connectivity index (χ4v) is 0.365. The summed E-state index contributed by atoms with van der Waals surface area (Å²) in [7, 11) is 0. The molecule has 0 spiro atoms. The molecule has 56 valence electrons. The zero-order valence-corrected chi connectivity index (χ0v) is 5.27. The molecule has 0 amide bonds. The average Bonchev–Trinajstić information content (AvgIpc) is 1.88. The second-order valence-electron chi connectivity index (χ2n) is 1.69. The van der Waals surface area contributed by atoms with Crippen LogP contribution in [0.4, 0.5) is 0 Å². The SMILES string of the molecule is [N-]=[N+]=N[13CH2][13CH2][13C@H](N)[13C](=O)O. The smallest absolute Gasteiger partial charge is 0.320 e. The van der Waals surface area contributed by atoms with Crippen molar-refractivity contribution >= 4 is 5.97 Å². The number of aliphatic carboxylic acids is 1. The first-order chi connectivity index (χ1) is 4.68. The summed E-state index contributed by atoms with van der Waals surface area (Å²) in [5.41, 5.74) is 12.9. The number of carboxylic acid groups (broad SMARTS) is 1. The monoisotopic (exact) mass is 148 g/mol. The molecule has 6 heteroatoms. The summed E-state index contributed by atoms with van der Waals surface area (Å²) in [5, 5.41) is 11.4. The lowest BCUT2D eigenvalue weighted by Gasteiger charge is -2.00. The molecule has 0 radical (unpaired) electrons. The van der Waals surface area contributed by atoms with E-state index in [1.54, 1.807) is 0 Å². The minimum atomic E-state index is -1.08. The van der Waals surface area contributed by atoms with E-state index in [9.17, 15) is 4.79 Å². The number of azide groups is 1. The molecule has 0 unspecified atom stereocenters. The van der Waals surface area contributed by atoms with Gasteiger partial charge in [0.25, 0.3) is 0 Å². The first kappa shape index (κ1) is 8.74. The third-order valence-electron chi connectivity index (χ3n) is 0.921. The number of hydrogen-bond acceptors (Lipinski definition) is 3. The highest BCUT2D eigenvalue weighted by atomic mass is 16.5. The lowest BCUT2D eigenvalue weighted by molar-refractivity contribution is -0.138. The summed E-state index contributed by atoms with van der Waals surface area (Å²) in [6.45, 7) is 0.129. The molecule has 6 nitrogen and oxygen atoms in total. The van der Waals surface area contributed by atoms with Gasteiger partial charge in [-0.25, -0.2) is 0 Å². The van der Waals surface area contributed by atoms with Crippen molar-refractivity contribution in [3.8, 4) is 0 Å². The van der Waals surface area contributed by atoms with Crippen LogP contribution in [0.1, 0.15) is 6.42 Å².